The van der Waals surface area contributed by atoms with Crippen LogP contribution in [0.5, 0.6) is 5.88 Å². The summed E-state index contributed by atoms with van der Waals surface area (Å²) in [6, 6.07) is 3.35. The molecule has 2 amide bonds. The highest BCUT2D eigenvalue weighted by Crippen LogP contribution is 2.29. The van der Waals surface area contributed by atoms with Gasteiger partial charge in [-0.15, -0.1) is 0 Å². The summed E-state index contributed by atoms with van der Waals surface area (Å²) >= 11 is 1.67. The normalized spacial score (nSPS) is 15.2. The summed E-state index contributed by atoms with van der Waals surface area (Å²) in [4.78, 5) is 38.5. The molecule has 0 spiro atoms. The zero-order valence-electron chi connectivity index (χ0n) is 17.0. The summed E-state index contributed by atoms with van der Waals surface area (Å²) in [5.41, 5.74) is 1.73. The van der Waals surface area contributed by atoms with E-state index in [0.29, 0.717) is 12.4 Å². The minimum absolute atomic E-state index is 0.0221. The van der Waals surface area contributed by atoms with Crippen molar-refractivity contribution >= 4 is 40.4 Å². The van der Waals surface area contributed by atoms with Crippen LogP contribution in [0.4, 0.5) is 10.3 Å². The lowest BCUT2D eigenvalue weighted by Crippen LogP contribution is -2.28. The van der Waals surface area contributed by atoms with E-state index in [-0.39, 0.29) is 36.0 Å². The van der Waals surface area contributed by atoms with Crippen molar-refractivity contribution in [1.29, 1.82) is 0 Å². The lowest BCUT2D eigenvalue weighted by atomic mass is 10.2. The molecule has 0 aliphatic heterocycles. The number of carbonyl (C=O) groups excluding carboxylic acids is 2. The molecule has 0 bridgehead atoms. The van der Waals surface area contributed by atoms with Gasteiger partial charge in [0.2, 0.25) is 17.7 Å². The van der Waals surface area contributed by atoms with Crippen LogP contribution >= 0.6 is 22.6 Å². The highest BCUT2D eigenvalue weighted by Gasteiger charge is 2.30. The van der Waals surface area contributed by atoms with Crippen LogP contribution in [-0.4, -0.2) is 49.0 Å². The average Bonchev–Trinajstić information content (AvgIpc) is 3.51. The molecule has 160 valence electrons. The fraction of sp³-hybridized carbons (Fsp3) is 0.450. The van der Waals surface area contributed by atoms with Gasteiger partial charge >= 0.3 is 0 Å². The van der Waals surface area contributed by atoms with E-state index in [9.17, 15) is 14.0 Å². The van der Waals surface area contributed by atoms with Crippen LogP contribution < -0.4 is 10.1 Å². The number of amides is 2. The first-order chi connectivity index (χ1) is 14.1. The number of rotatable bonds is 8. The Labute approximate surface area is 187 Å². The van der Waals surface area contributed by atoms with Crippen LogP contribution in [0.2, 0.25) is 0 Å². The third kappa shape index (κ3) is 6.31. The molecule has 10 heteroatoms. The van der Waals surface area contributed by atoms with Gasteiger partial charge in [0.15, 0.2) is 3.68 Å². The highest BCUT2D eigenvalue weighted by atomic mass is 127. The standard InChI is InChI=1S/C20H23FIN5O3/c1-12-8-13(9-24-17(12)30-11-20(2,21)22)10-27(3)18(29)15-6-7-23-19(25-15)26-16(28)14-4-5-14/h6-9,14H,4-5,10-11H2,1-3H3,(H,23,25,26,28)/t20-/m1/s1. The van der Waals surface area contributed by atoms with E-state index in [4.69, 9.17) is 4.74 Å². The molecule has 30 heavy (non-hydrogen) atoms. The van der Waals surface area contributed by atoms with Crippen molar-refractivity contribution in [2.24, 2.45) is 5.92 Å². The Morgan fingerprint density at radius 2 is 2.13 bits per heavy atom. The number of ether oxygens (including phenoxy) is 1. The lowest BCUT2D eigenvalue weighted by molar-refractivity contribution is -0.117. The Morgan fingerprint density at radius 3 is 2.77 bits per heavy atom. The van der Waals surface area contributed by atoms with Crippen molar-refractivity contribution in [2.45, 2.75) is 36.9 Å². The molecular weight excluding hydrogens is 504 g/mol. The Balaban J connectivity index is 1.62. The Hall–Kier alpha value is -2.37. The highest BCUT2D eigenvalue weighted by molar-refractivity contribution is 14.1. The van der Waals surface area contributed by atoms with Crippen molar-refractivity contribution in [3.63, 3.8) is 0 Å². The number of nitrogens with one attached hydrogen (secondary N) is 1. The molecule has 1 fully saturated rings. The van der Waals surface area contributed by atoms with Crippen molar-refractivity contribution in [2.75, 3.05) is 19.0 Å². The van der Waals surface area contributed by atoms with Crippen LogP contribution in [0.15, 0.2) is 24.5 Å². The van der Waals surface area contributed by atoms with Gasteiger partial charge in [-0.25, -0.2) is 19.3 Å². The van der Waals surface area contributed by atoms with Crippen LogP contribution in [0.3, 0.4) is 0 Å². The van der Waals surface area contributed by atoms with Crippen LogP contribution in [0.1, 0.15) is 41.4 Å². The first-order valence-corrected chi connectivity index (χ1v) is 10.6. The number of hydrogen-bond donors (Lipinski definition) is 1. The molecule has 2 heterocycles. The van der Waals surface area contributed by atoms with Gasteiger partial charge in [0.05, 0.1) is 0 Å². The van der Waals surface area contributed by atoms with E-state index in [1.54, 1.807) is 35.8 Å². The van der Waals surface area contributed by atoms with Gasteiger partial charge in [-0.05, 0) is 67.0 Å². The number of nitrogens with zero attached hydrogens (tertiary/aromatic N) is 4. The number of halogens is 2. The van der Waals surface area contributed by atoms with Crippen LogP contribution in [-0.2, 0) is 11.3 Å². The molecule has 1 atom stereocenters. The SMILES string of the molecule is Cc1cc(CN(C)C(=O)c2ccnc(NC(=O)C3CC3)n2)cnc1OC[C@](C)(F)I. The van der Waals surface area contributed by atoms with Gasteiger partial charge < -0.3 is 9.64 Å². The fourth-order valence-corrected chi connectivity index (χ4v) is 2.85. The third-order valence-corrected chi connectivity index (χ3v) is 4.68. The smallest absolute Gasteiger partial charge is 0.272 e. The largest absolute Gasteiger partial charge is 0.473 e. The van der Waals surface area contributed by atoms with Gasteiger partial charge in [-0.3, -0.25) is 14.9 Å². The first-order valence-electron chi connectivity index (χ1n) is 9.48. The minimum atomic E-state index is -1.48. The lowest BCUT2D eigenvalue weighted by Gasteiger charge is -2.18. The maximum absolute atomic E-state index is 13.6. The predicted octanol–water partition coefficient (Wildman–Crippen LogP) is 3.30. The van der Waals surface area contributed by atoms with Gasteiger partial charge in [0.1, 0.15) is 12.3 Å². The molecule has 2 aromatic rings. The summed E-state index contributed by atoms with van der Waals surface area (Å²) < 4.78 is 17.5. The summed E-state index contributed by atoms with van der Waals surface area (Å²) in [6.07, 6.45) is 4.78. The van der Waals surface area contributed by atoms with Crippen LogP contribution in [0, 0.1) is 12.8 Å². The Kier molecular flexibility index (Phi) is 6.84. The Morgan fingerprint density at radius 1 is 1.40 bits per heavy atom. The zero-order valence-corrected chi connectivity index (χ0v) is 19.1. The molecule has 1 aliphatic carbocycles. The van der Waals surface area contributed by atoms with E-state index in [1.165, 1.54) is 24.1 Å². The second kappa shape index (κ2) is 9.19. The topological polar surface area (TPSA) is 97.3 Å². The number of alkyl halides is 2. The molecule has 0 saturated heterocycles. The van der Waals surface area contributed by atoms with Crippen molar-refractivity contribution in [3.05, 3.63) is 41.3 Å². The van der Waals surface area contributed by atoms with Gasteiger partial charge in [0, 0.05) is 37.5 Å². The van der Waals surface area contributed by atoms with E-state index >= 15 is 0 Å². The molecule has 0 radical (unpaired) electrons. The van der Waals surface area contributed by atoms with Gasteiger partial charge in [-0.2, -0.15) is 0 Å². The van der Waals surface area contributed by atoms with E-state index in [1.807, 2.05) is 13.0 Å². The molecule has 1 N–H and O–H groups in total. The number of carbonyl (C=O) groups is 2. The second-order valence-electron chi connectivity index (χ2n) is 7.51. The average molecular weight is 527 g/mol. The molecule has 0 aromatic carbocycles. The first kappa shape index (κ1) is 22.3. The molecule has 3 rings (SSSR count). The van der Waals surface area contributed by atoms with E-state index in [0.717, 1.165) is 24.0 Å². The van der Waals surface area contributed by atoms with Gasteiger partial charge in [-0.1, -0.05) is 0 Å². The number of aryl methyl sites for hydroxylation is 1. The fourth-order valence-electron chi connectivity index (χ4n) is 2.69. The predicted molar refractivity (Wildman–Crippen MR) is 117 cm³/mol. The van der Waals surface area contributed by atoms with E-state index in [2.05, 4.69) is 20.3 Å². The monoisotopic (exact) mass is 527 g/mol. The maximum atomic E-state index is 13.6. The van der Waals surface area contributed by atoms with Crippen molar-refractivity contribution < 1.29 is 18.7 Å². The molecule has 1 saturated carbocycles. The summed E-state index contributed by atoms with van der Waals surface area (Å²) in [5, 5.41) is 2.64. The molecule has 8 nitrogen and oxygen atoms in total. The Bertz CT molecular complexity index is 946. The number of aromatic nitrogens is 3. The number of anilines is 1. The van der Waals surface area contributed by atoms with Crippen LogP contribution in [0.25, 0.3) is 0 Å². The molecule has 1 aliphatic rings. The van der Waals surface area contributed by atoms with Crippen molar-refractivity contribution in [3.8, 4) is 5.88 Å². The van der Waals surface area contributed by atoms with E-state index < -0.39 is 3.68 Å². The number of pyridine rings is 1. The number of hydrogen-bond acceptors (Lipinski definition) is 6. The van der Waals surface area contributed by atoms with Gasteiger partial charge in [0.25, 0.3) is 5.91 Å². The maximum Gasteiger partial charge on any atom is 0.272 e. The third-order valence-electron chi connectivity index (χ3n) is 4.37. The molecule has 0 unspecified atom stereocenters. The zero-order chi connectivity index (χ0) is 21.9. The summed E-state index contributed by atoms with van der Waals surface area (Å²) in [6.45, 7) is 3.43. The quantitative estimate of drug-likeness (QED) is 0.418. The minimum Gasteiger partial charge on any atom is -0.473 e. The summed E-state index contributed by atoms with van der Waals surface area (Å²) in [5.74, 6) is 0.0807. The molecule has 2 aromatic heterocycles. The second-order valence-corrected chi connectivity index (χ2v) is 9.76. The van der Waals surface area contributed by atoms with Crippen molar-refractivity contribution in [1.82, 2.24) is 19.9 Å². The summed E-state index contributed by atoms with van der Waals surface area (Å²) in [7, 11) is 1.65. The molecular formula is C20H23FIN5O3.